The quantitative estimate of drug-likeness (QED) is 0.703. The lowest BCUT2D eigenvalue weighted by Crippen LogP contribution is -2.00. The maximum atomic E-state index is 6.41. The molecular formula is C17H16ClN3. The number of rotatable bonds is 2. The Morgan fingerprint density at radius 1 is 1.24 bits per heavy atom. The fraction of sp³-hybridized carbons (Fsp3) is 0.235. The maximum absolute atomic E-state index is 6.41. The van der Waals surface area contributed by atoms with Gasteiger partial charge in [-0.3, -0.25) is 0 Å². The predicted octanol–water partition coefficient (Wildman–Crippen LogP) is 4.58. The number of nitrogens with zero attached hydrogens (tertiary/aromatic N) is 2. The molecule has 0 unspecified atom stereocenters. The first kappa shape index (κ1) is 12.7. The summed E-state index contributed by atoms with van der Waals surface area (Å²) in [6.07, 6.45) is 2.35. The molecule has 0 radical (unpaired) electrons. The number of anilines is 1. The molecule has 0 bridgehead atoms. The third-order valence-electron chi connectivity index (χ3n) is 4.02. The third-order valence-corrected chi connectivity index (χ3v) is 4.33. The van der Waals surface area contributed by atoms with Crippen LogP contribution in [0, 0.1) is 6.92 Å². The van der Waals surface area contributed by atoms with Crippen molar-refractivity contribution >= 4 is 28.3 Å². The summed E-state index contributed by atoms with van der Waals surface area (Å²) in [5.74, 6) is 0.932. The van der Waals surface area contributed by atoms with Crippen molar-refractivity contribution in [1.29, 1.82) is 0 Å². The zero-order valence-electron chi connectivity index (χ0n) is 11.8. The number of hydrogen-bond donors (Lipinski definition) is 1. The van der Waals surface area contributed by atoms with Gasteiger partial charge in [-0.05, 0) is 44.0 Å². The van der Waals surface area contributed by atoms with E-state index in [0.29, 0.717) is 6.04 Å². The average Bonchev–Trinajstić information content (AvgIpc) is 3.22. The Hall–Kier alpha value is -2.00. The molecule has 2 N–H and O–H groups in total. The first-order valence-electron chi connectivity index (χ1n) is 7.18. The Balaban J connectivity index is 2.07. The summed E-state index contributed by atoms with van der Waals surface area (Å²) in [4.78, 5) is 4.81. The van der Waals surface area contributed by atoms with Gasteiger partial charge < -0.3 is 10.3 Å². The summed E-state index contributed by atoms with van der Waals surface area (Å²) in [5, 5.41) is 0.754. The number of nitrogen functional groups attached to an aromatic ring is 1. The van der Waals surface area contributed by atoms with Crippen LogP contribution in [0.1, 0.15) is 24.4 Å². The molecule has 0 atom stereocenters. The molecule has 1 heterocycles. The second-order valence-corrected chi connectivity index (χ2v) is 6.14. The van der Waals surface area contributed by atoms with Crippen molar-refractivity contribution in [1.82, 2.24) is 9.55 Å². The fourth-order valence-corrected chi connectivity index (χ4v) is 3.11. The number of para-hydroxylation sites is 1. The van der Waals surface area contributed by atoms with Crippen molar-refractivity contribution in [2.45, 2.75) is 25.8 Å². The van der Waals surface area contributed by atoms with E-state index in [2.05, 4.69) is 17.6 Å². The van der Waals surface area contributed by atoms with E-state index >= 15 is 0 Å². The molecule has 106 valence electrons. The van der Waals surface area contributed by atoms with Gasteiger partial charge >= 0.3 is 0 Å². The van der Waals surface area contributed by atoms with E-state index in [1.807, 2.05) is 30.3 Å². The van der Waals surface area contributed by atoms with Crippen molar-refractivity contribution in [3.63, 3.8) is 0 Å². The lowest BCUT2D eigenvalue weighted by atomic mass is 10.1. The van der Waals surface area contributed by atoms with E-state index in [4.69, 9.17) is 22.3 Å². The van der Waals surface area contributed by atoms with Crippen molar-refractivity contribution in [3.8, 4) is 11.4 Å². The molecule has 0 spiro atoms. The standard InChI is InChI=1S/C17H16ClN3/c1-10-5-8-14(19)12(9-10)17-20-15-4-2-3-13(18)16(15)21(17)11-6-7-11/h2-5,8-9,11H,6-7,19H2,1H3. The molecule has 0 saturated heterocycles. The van der Waals surface area contributed by atoms with Crippen LogP contribution in [0.2, 0.25) is 5.02 Å². The largest absolute Gasteiger partial charge is 0.398 e. The van der Waals surface area contributed by atoms with Gasteiger partial charge in [0.25, 0.3) is 0 Å². The highest BCUT2D eigenvalue weighted by molar-refractivity contribution is 6.35. The minimum Gasteiger partial charge on any atom is -0.398 e. The van der Waals surface area contributed by atoms with E-state index in [9.17, 15) is 0 Å². The number of benzene rings is 2. The number of halogens is 1. The first-order chi connectivity index (χ1) is 10.1. The lowest BCUT2D eigenvalue weighted by Gasteiger charge is -2.11. The normalized spacial score (nSPS) is 14.8. The Kier molecular flexibility index (Phi) is 2.73. The van der Waals surface area contributed by atoms with Crippen LogP contribution in [0.15, 0.2) is 36.4 Å². The van der Waals surface area contributed by atoms with Crippen LogP contribution in [-0.4, -0.2) is 9.55 Å². The zero-order valence-corrected chi connectivity index (χ0v) is 12.6. The van der Waals surface area contributed by atoms with Gasteiger partial charge in [-0.1, -0.05) is 29.3 Å². The molecule has 0 aliphatic heterocycles. The number of aromatic nitrogens is 2. The number of fused-ring (bicyclic) bond motifs is 1. The summed E-state index contributed by atoms with van der Waals surface area (Å²) in [7, 11) is 0. The minimum absolute atomic E-state index is 0.491. The summed E-state index contributed by atoms with van der Waals surface area (Å²) in [6, 6.07) is 12.4. The summed E-state index contributed by atoms with van der Waals surface area (Å²) in [6.45, 7) is 2.07. The average molecular weight is 298 g/mol. The van der Waals surface area contributed by atoms with Crippen LogP contribution in [0.4, 0.5) is 5.69 Å². The Morgan fingerprint density at radius 2 is 2.05 bits per heavy atom. The zero-order chi connectivity index (χ0) is 14.6. The van der Waals surface area contributed by atoms with Crippen molar-refractivity contribution < 1.29 is 0 Å². The second-order valence-electron chi connectivity index (χ2n) is 5.73. The second kappa shape index (κ2) is 4.50. The highest BCUT2D eigenvalue weighted by atomic mass is 35.5. The van der Waals surface area contributed by atoms with E-state index in [1.54, 1.807) is 0 Å². The SMILES string of the molecule is Cc1ccc(N)c(-c2nc3cccc(Cl)c3n2C2CC2)c1. The first-order valence-corrected chi connectivity index (χ1v) is 7.56. The van der Waals surface area contributed by atoms with Gasteiger partial charge in [-0.25, -0.2) is 4.98 Å². The van der Waals surface area contributed by atoms with Gasteiger partial charge in [0.15, 0.2) is 0 Å². The number of nitrogens with two attached hydrogens (primary N) is 1. The highest BCUT2D eigenvalue weighted by Crippen LogP contribution is 2.43. The maximum Gasteiger partial charge on any atom is 0.143 e. The van der Waals surface area contributed by atoms with Crippen LogP contribution >= 0.6 is 11.6 Å². The van der Waals surface area contributed by atoms with Crippen LogP contribution in [0.3, 0.4) is 0 Å². The Morgan fingerprint density at radius 3 is 2.81 bits per heavy atom. The molecule has 3 aromatic rings. The summed E-state index contributed by atoms with van der Waals surface area (Å²) in [5.41, 5.74) is 11.1. The van der Waals surface area contributed by atoms with E-state index in [1.165, 1.54) is 18.4 Å². The molecule has 4 heteroatoms. The Bertz CT molecular complexity index is 847. The molecule has 3 nitrogen and oxygen atoms in total. The molecule has 21 heavy (non-hydrogen) atoms. The molecule has 1 saturated carbocycles. The van der Waals surface area contributed by atoms with Gasteiger partial charge in [0.1, 0.15) is 5.82 Å². The molecule has 4 rings (SSSR count). The number of imidazole rings is 1. The van der Waals surface area contributed by atoms with Crippen LogP contribution in [-0.2, 0) is 0 Å². The van der Waals surface area contributed by atoms with Crippen LogP contribution < -0.4 is 5.73 Å². The van der Waals surface area contributed by atoms with Crippen molar-refractivity contribution in [3.05, 3.63) is 47.0 Å². The monoisotopic (exact) mass is 297 g/mol. The van der Waals surface area contributed by atoms with Gasteiger partial charge in [0.05, 0.1) is 16.1 Å². The molecule has 1 fully saturated rings. The van der Waals surface area contributed by atoms with Crippen molar-refractivity contribution in [2.75, 3.05) is 5.73 Å². The van der Waals surface area contributed by atoms with Gasteiger partial charge in [-0.15, -0.1) is 0 Å². The molecule has 0 amide bonds. The summed E-state index contributed by atoms with van der Waals surface area (Å²) >= 11 is 6.41. The Labute approximate surface area is 128 Å². The minimum atomic E-state index is 0.491. The number of aryl methyl sites for hydroxylation is 1. The lowest BCUT2D eigenvalue weighted by molar-refractivity contribution is 0.775. The molecule has 1 aromatic heterocycles. The van der Waals surface area contributed by atoms with Crippen LogP contribution in [0.5, 0.6) is 0 Å². The molecule has 1 aliphatic rings. The van der Waals surface area contributed by atoms with E-state index in [-0.39, 0.29) is 0 Å². The summed E-state index contributed by atoms with van der Waals surface area (Å²) < 4.78 is 2.27. The molecule has 1 aliphatic carbocycles. The topological polar surface area (TPSA) is 43.8 Å². The molecular weight excluding hydrogens is 282 g/mol. The smallest absolute Gasteiger partial charge is 0.143 e. The van der Waals surface area contributed by atoms with Gasteiger partial charge in [-0.2, -0.15) is 0 Å². The molecule has 2 aromatic carbocycles. The number of hydrogen-bond acceptors (Lipinski definition) is 2. The van der Waals surface area contributed by atoms with E-state index < -0.39 is 0 Å². The fourth-order valence-electron chi connectivity index (χ4n) is 2.85. The highest BCUT2D eigenvalue weighted by Gasteiger charge is 2.30. The van der Waals surface area contributed by atoms with Crippen molar-refractivity contribution in [2.24, 2.45) is 0 Å². The van der Waals surface area contributed by atoms with E-state index in [0.717, 1.165) is 33.1 Å². The van der Waals surface area contributed by atoms with Gasteiger partial charge in [0.2, 0.25) is 0 Å². The third kappa shape index (κ3) is 2.00. The van der Waals surface area contributed by atoms with Crippen LogP contribution in [0.25, 0.3) is 22.4 Å². The van der Waals surface area contributed by atoms with Gasteiger partial charge in [0, 0.05) is 17.3 Å². The predicted molar refractivity (Wildman–Crippen MR) is 87.6 cm³/mol.